The predicted molar refractivity (Wildman–Crippen MR) is 120 cm³/mol. The van der Waals surface area contributed by atoms with Gasteiger partial charge in [0.05, 0.1) is 13.6 Å². The fourth-order valence-electron chi connectivity index (χ4n) is 4.00. The number of quaternary nitrogens is 1. The van der Waals surface area contributed by atoms with Crippen molar-refractivity contribution in [2.75, 3.05) is 20.1 Å². The van der Waals surface area contributed by atoms with Gasteiger partial charge in [0.15, 0.2) is 0 Å². The van der Waals surface area contributed by atoms with Crippen molar-refractivity contribution in [3.8, 4) is 0 Å². The average Bonchev–Trinajstić information content (AvgIpc) is 2.59. The van der Waals surface area contributed by atoms with Crippen LogP contribution in [0.4, 0.5) is 0 Å². The predicted octanol–water partition coefficient (Wildman–Crippen LogP) is 7.35. The van der Waals surface area contributed by atoms with E-state index in [9.17, 15) is 10.3 Å². The molecule has 27 heavy (non-hydrogen) atoms. The second kappa shape index (κ2) is 19.2. The summed E-state index contributed by atoms with van der Waals surface area (Å²) in [4.78, 5) is 0. The van der Waals surface area contributed by atoms with E-state index in [1.165, 1.54) is 103 Å². The van der Waals surface area contributed by atoms with Crippen molar-refractivity contribution in [1.82, 2.24) is 0 Å². The Morgan fingerprint density at radius 3 is 1.22 bits per heavy atom. The van der Waals surface area contributed by atoms with Gasteiger partial charge in [-0.15, -0.1) is 0 Å². The highest BCUT2D eigenvalue weighted by molar-refractivity contribution is 4.51. The van der Waals surface area contributed by atoms with Crippen molar-refractivity contribution >= 4 is 0 Å². The van der Waals surface area contributed by atoms with Crippen LogP contribution >= 0.6 is 0 Å². The van der Waals surface area contributed by atoms with E-state index in [4.69, 9.17) is 0 Å². The van der Waals surface area contributed by atoms with Gasteiger partial charge in [-0.1, -0.05) is 110 Å². The molecule has 0 heterocycles. The van der Waals surface area contributed by atoms with Crippen molar-refractivity contribution in [3.63, 3.8) is 0 Å². The molecule has 0 bridgehead atoms. The molecule has 0 aromatic rings. The highest BCUT2D eigenvalue weighted by Crippen LogP contribution is 2.14. The lowest BCUT2D eigenvalue weighted by atomic mass is 10.0. The smallest absolute Gasteiger partial charge is 0.104 e. The Balaban J connectivity index is 3.15. The van der Waals surface area contributed by atoms with Crippen molar-refractivity contribution in [2.45, 2.75) is 136 Å². The minimum atomic E-state index is -0.497. The Morgan fingerprint density at radius 1 is 0.630 bits per heavy atom. The maximum atomic E-state index is 12.1. The maximum absolute atomic E-state index is 12.1. The molecule has 3 heteroatoms. The Labute approximate surface area is 171 Å². The lowest BCUT2D eigenvalue weighted by molar-refractivity contribution is -0.864. The Bertz CT molecular complexity index is 292. The second-order valence-electron chi connectivity index (χ2n) is 9.06. The van der Waals surface area contributed by atoms with Gasteiger partial charge in [0, 0.05) is 0 Å². The van der Waals surface area contributed by atoms with Gasteiger partial charge >= 0.3 is 0 Å². The van der Waals surface area contributed by atoms with E-state index in [0.717, 1.165) is 12.8 Å². The van der Waals surface area contributed by atoms with Gasteiger partial charge in [-0.2, -0.15) is 0 Å². The molecule has 0 fully saturated rings. The molecule has 0 aromatic carbocycles. The summed E-state index contributed by atoms with van der Waals surface area (Å²) in [5.74, 6) is 0. The number of rotatable bonds is 21. The highest BCUT2D eigenvalue weighted by atomic mass is 16.5. The fourth-order valence-corrected chi connectivity index (χ4v) is 4.00. The van der Waals surface area contributed by atoms with Crippen LogP contribution in [0.3, 0.4) is 0 Å². The number of nitrogens with zero attached hydrogens (tertiary/aromatic N) is 1. The van der Waals surface area contributed by atoms with Crippen molar-refractivity contribution < 1.29 is 9.75 Å². The van der Waals surface area contributed by atoms with Crippen molar-refractivity contribution in [2.24, 2.45) is 0 Å². The normalized spacial score (nSPS) is 15.0. The summed E-state index contributed by atoms with van der Waals surface area (Å²) in [5.41, 5.74) is 0. The molecule has 164 valence electrons. The first-order valence-corrected chi connectivity index (χ1v) is 12.2. The molecule has 0 spiro atoms. The third-order valence-corrected chi connectivity index (χ3v) is 5.64. The fraction of sp³-hybridized carbons (Fsp3) is 1.00. The lowest BCUT2D eigenvalue weighted by Gasteiger charge is -2.39. The summed E-state index contributed by atoms with van der Waals surface area (Å²) in [7, 11) is 1.68. The first-order valence-electron chi connectivity index (χ1n) is 12.2. The van der Waals surface area contributed by atoms with Crippen LogP contribution in [0.5, 0.6) is 0 Å². The minimum absolute atomic E-state index is 0.295. The van der Waals surface area contributed by atoms with Gasteiger partial charge in [-0.25, -0.2) is 0 Å². The molecule has 3 nitrogen and oxygen atoms in total. The summed E-state index contributed by atoms with van der Waals surface area (Å²) in [6.07, 6.45) is 24.1. The van der Waals surface area contributed by atoms with Crippen LogP contribution in [-0.4, -0.2) is 36.0 Å². The van der Waals surface area contributed by atoms with Crippen LogP contribution in [0, 0.1) is 5.21 Å². The largest absolute Gasteiger partial charge is 0.633 e. The summed E-state index contributed by atoms with van der Waals surface area (Å²) in [5, 5.41) is 21.4. The quantitative estimate of drug-likeness (QED) is 0.127. The van der Waals surface area contributed by atoms with Gasteiger partial charge in [-0.05, 0) is 19.8 Å². The molecule has 0 saturated carbocycles. The highest BCUT2D eigenvalue weighted by Gasteiger charge is 2.12. The van der Waals surface area contributed by atoms with Crippen molar-refractivity contribution in [1.29, 1.82) is 0 Å². The lowest BCUT2D eigenvalue weighted by Crippen LogP contribution is -2.43. The topological polar surface area (TPSA) is 43.3 Å². The van der Waals surface area contributed by atoms with Gasteiger partial charge < -0.3 is 15.0 Å². The Morgan fingerprint density at radius 2 is 0.926 bits per heavy atom. The van der Waals surface area contributed by atoms with Gasteiger partial charge in [-0.3, -0.25) is 0 Å². The molecule has 0 amide bonds. The van der Waals surface area contributed by atoms with Crippen LogP contribution < -0.4 is 0 Å². The zero-order chi connectivity index (χ0) is 20.2. The molecule has 2 atom stereocenters. The Hall–Kier alpha value is -0.120. The molecule has 0 radical (unpaired) electrons. The van der Waals surface area contributed by atoms with Crippen LogP contribution in [0.2, 0.25) is 0 Å². The summed E-state index contributed by atoms with van der Waals surface area (Å²) in [6.45, 7) is 4.94. The number of hydroxylamine groups is 3. The molecule has 0 aliphatic heterocycles. The SMILES string of the molecule is CCCCCCCCCCCCCCCCCCCC[N+](C)([O-])CC(C)O. The number of unbranched alkanes of at least 4 members (excludes halogenated alkanes) is 17. The standard InChI is InChI=1S/C24H51NO2/c1-4-5-6-7-8-9-10-11-12-13-14-15-16-17-18-19-20-21-22-25(3,27)23-24(2)26/h24,26H,4-23H2,1-3H3. The molecule has 0 aromatic heterocycles. The van der Waals surface area contributed by atoms with E-state index in [-0.39, 0.29) is 4.65 Å². The van der Waals surface area contributed by atoms with Crippen LogP contribution in [-0.2, 0) is 0 Å². The molecule has 0 rings (SSSR count). The summed E-state index contributed by atoms with van der Waals surface area (Å²) >= 11 is 0. The summed E-state index contributed by atoms with van der Waals surface area (Å²) in [6, 6.07) is 0. The van der Waals surface area contributed by atoms with Crippen LogP contribution in [0.25, 0.3) is 0 Å². The molecule has 0 aliphatic carbocycles. The second-order valence-corrected chi connectivity index (χ2v) is 9.06. The van der Waals surface area contributed by atoms with E-state index >= 15 is 0 Å². The summed E-state index contributed by atoms with van der Waals surface area (Å²) < 4.78 is -0.295. The molecule has 0 saturated heterocycles. The monoisotopic (exact) mass is 385 g/mol. The molecule has 1 N–H and O–H groups in total. The zero-order valence-electron chi connectivity index (χ0n) is 19.0. The van der Waals surface area contributed by atoms with E-state index in [2.05, 4.69) is 6.92 Å². The maximum Gasteiger partial charge on any atom is 0.104 e. The van der Waals surface area contributed by atoms with Gasteiger partial charge in [0.25, 0.3) is 0 Å². The molecule has 2 unspecified atom stereocenters. The zero-order valence-corrected chi connectivity index (χ0v) is 19.0. The van der Waals surface area contributed by atoms with Crippen molar-refractivity contribution in [3.05, 3.63) is 5.21 Å². The molecular weight excluding hydrogens is 334 g/mol. The Kier molecular flexibility index (Phi) is 19.1. The third-order valence-electron chi connectivity index (χ3n) is 5.64. The number of hydrogen-bond donors (Lipinski definition) is 1. The van der Waals surface area contributed by atoms with E-state index in [0.29, 0.717) is 13.1 Å². The minimum Gasteiger partial charge on any atom is -0.633 e. The number of aliphatic hydroxyl groups excluding tert-OH is 1. The first kappa shape index (κ1) is 26.9. The average molecular weight is 386 g/mol. The van der Waals surface area contributed by atoms with E-state index in [1.807, 2.05) is 0 Å². The first-order chi connectivity index (χ1) is 13.0. The van der Waals surface area contributed by atoms with E-state index in [1.54, 1.807) is 14.0 Å². The number of likely N-dealkylation sites (N-methyl/N-ethyl adjacent to an activating group) is 1. The molecule has 0 aliphatic rings. The van der Waals surface area contributed by atoms with Gasteiger partial charge in [0.2, 0.25) is 0 Å². The number of aliphatic hydroxyl groups is 1. The van der Waals surface area contributed by atoms with E-state index < -0.39 is 6.10 Å². The number of hydrogen-bond acceptors (Lipinski definition) is 2. The van der Waals surface area contributed by atoms with Crippen LogP contribution in [0.1, 0.15) is 129 Å². The molecular formula is C24H51NO2. The third kappa shape index (κ3) is 22.0. The van der Waals surface area contributed by atoms with Gasteiger partial charge in [0.1, 0.15) is 12.6 Å². The van der Waals surface area contributed by atoms with Crippen LogP contribution in [0.15, 0.2) is 0 Å².